The highest BCUT2D eigenvalue weighted by Gasteiger charge is 2.40. The monoisotopic (exact) mass is 292 g/mol. The normalized spacial score (nSPS) is 12.7. The Hall–Kier alpha value is -0.773. The van der Waals surface area contributed by atoms with Crippen LogP contribution in [0.25, 0.3) is 0 Å². The van der Waals surface area contributed by atoms with Crippen LogP contribution in [0.1, 0.15) is 5.56 Å². The fourth-order valence-electron chi connectivity index (χ4n) is 1.62. The quantitative estimate of drug-likeness (QED) is 0.594. The number of benzene rings is 1. The van der Waals surface area contributed by atoms with Crippen molar-refractivity contribution in [1.29, 1.82) is 0 Å². The van der Waals surface area contributed by atoms with Gasteiger partial charge in [0.2, 0.25) is 0 Å². The van der Waals surface area contributed by atoms with Gasteiger partial charge >= 0.3 is 8.80 Å². The molecule has 0 unspecified atom stereocenters. The van der Waals surface area contributed by atoms with Crippen molar-refractivity contribution in [2.24, 2.45) is 0 Å². The van der Waals surface area contributed by atoms with Gasteiger partial charge in [0.15, 0.2) is 0 Å². The summed E-state index contributed by atoms with van der Waals surface area (Å²) in [4.78, 5) is 0. The first-order valence-electron chi connectivity index (χ1n) is 5.07. The lowest BCUT2D eigenvalue weighted by Gasteiger charge is -2.24. The van der Waals surface area contributed by atoms with Crippen LogP contribution in [0.3, 0.4) is 0 Å². The molecule has 0 radical (unpaired) electrons. The molecule has 1 N–H and O–H groups in total. The smallest absolute Gasteiger partial charge is 0.373 e. The Labute approximate surface area is 108 Å². The summed E-state index contributed by atoms with van der Waals surface area (Å²) in [5, 5.41) is 0.717. The topological polar surface area (TPSA) is 82.1 Å². The van der Waals surface area contributed by atoms with Crippen LogP contribution in [-0.2, 0) is 29.1 Å². The van der Waals surface area contributed by atoms with E-state index in [0.29, 0.717) is 10.8 Å². The van der Waals surface area contributed by atoms with E-state index in [-0.39, 0.29) is 0 Å². The molecule has 0 fully saturated rings. The first-order valence-corrected chi connectivity index (χ1v) is 8.40. The maximum Gasteiger partial charge on any atom is 0.536 e. The zero-order valence-corrected chi connectivity index (χ0v) is 12.2. The summed E-state index contributed by atoms with van der Waals surface area (Å²) >= 11 is 0. The van der Waals surface area contributed by atoms with Crippen LogP contribution in [0.4, 0.5) is 0 Å². The van der Waals surface area contributed by atoms with E-state index >= 15 is 0 Å². The fraction of sp³-hybridized carbons (Fsp3) is 0.400. The maximum atomic E-state index is 10.7. The minimum atomic E-state index is -4.02. The van der Waals surface area contributed by atoms with Gasteiger partial charge in [0.25, 0.3) is 10.1 Å². The van der Waals surface area contributed by atoms with Crippen molar-refractivity contribution < 1.29 is 26.2 Å². The SMILES string of the molecule is CO[Si](OC)(OC)c1ccc(CS(=O)(=O)O)cc1. The summed E-state index contributed by atoms with van der Waals surface area (Å²) in [5.41, 5.74) is 0.479. The van der Waals surface area contributed by atoms with Gasteiger partial charge in [0, 0.05) is 26.5 Å². The number of rotatable bonds is 6. The summed E-state index contributed by atoms with van der Waals surface area (Å²) in [7, 11) is -2.44. The van der Waals surface area contributed by atoms with Crippen LogP contribution < -0.4 is 5.19 Å². The zero-order chi connectivity index (χ0) is 13.8. The molecule has 18 heavy (non-hydrogen) atoms. The molecule has 1 aromatic carbocycles. The van der Waals surface area contributed by atoms with E-state index in [1.54, 1.807) is 24.3 Å². The highest BCUT2D eigenvalue weighted by Crippen LogP contribution is 2.09. The molecule has 0 aliphatic carbocycles. The third kappa shape index (κ3) is 3.61. The second-order valence-electron chi connectivity index (χ2n) is 3.59. The highest BCUT2D eigenvalue weighted by molar-refractivity contribution is 7.85. The van der Waals surface area contributed by atoms with Crippen molar-refractivity contribution in [3.63, 3.8) is 0 Å². The van der Waals surface area contributed by atoms with E-state index in [1.165, 1.54) is 21.3 Å². The second-order valence-corrected chi connectivity index (χ2v) is 7.96. The van der Waals surface area contributed by atoms with Crippen molar-refractivity contribution in [3.05, 3.63) is 29.8 Å². The third-order valence-corrected chi connectivity index (χ3v) is 5.81. The van der Waals surface area contributed by atoms with Crippen molar-refractivity contribution >= 4 is 24.1 Å². The Morgan fingerprint density at radius 1 is 1.06 bits per heavy atom. The van der Waals surface area contributed by atoms with E-state index in [9.17, 15) is 8.42 Å². The summed E-state index contributed by atoms with van der Waals surface area (Å²) in [6.45, 7) is 0. The fourth-order valence-corrected chi connectivity index (χ4v) is 4.01. The molecule has 1 rings (SSSR count). The Morgan fingerprint density at radius 2 is 1.50 bits per heavy atom. The van der Waals surface area contributed by atoms with Gasteiger partial charge in [-0.3, -0.25) is 4.55 Å². The molecule has 6 nitrogen and oxygen atoms in total. The Morgan fingerprint density at radius 3 is 1.83 bits per heavy atom. The minimum Gasteiger partial charge on any atom is -0.373 e. The van der Waals surface area contributed by atoms with Gasteiger partial charge in [0.1, 0.15) is 5.75 Å². The van der Waals surface area contributed by atoms with Gasteiger partial charge in [-0.05, 0) is 5.56 Å². The lowest BCUT2D eigenvalue weighted by molar-refractivity contribution is 0.140. The van der Waals surface area contributed by atoms with Gasteiger partial charge in [-0.2, -0.15) is 8.42 Å². The van der Waals surface area contributed by atoms with Crippen LogP contribution in [0.5, 0.6) is 0 Å². The van der Waals surface area contributed by atoms with Gasteiger partial charge in [-0.1, -0.05) is 24.3 Å². The molecular formula is C10H16O6SSi. The van der Waals surface area contributed by atoms with Crippen LogP contribution >= 0.6 is 0 Å². The summed E-state index contributed by atoms with van der Waals surface area (Å²) < 4.78 is 46.1. The molecule has 0 aliphatic heterocycles. The van der Waals surface area contributed by atoms with E-state index in [4.69, 9.17) is 17.8 Å². The average molecular weight is 292 g/mol. The van der Waals surface area contributed by atoms with E-state index in [1.807, 2.05) is 0 Å². The summed E-state index contributed by atoms with van der Waals surface area (Å²) in [6.07, 6.45) is 0. The van der Waals surface area contributed by atoms with Gasteiger partial charge in [-0.15, -0.1) is 0 Å². The van der Waals surface area contributed by atoms with Gasteiger partial charge in [-0.25, -0.2) is 0 Å². The van der Waals surface area contributed by atoms with Crippen molar-refractivity contribution in [2.75, 3.05) is 21.3 Å². The molecule has 102 valence electrons. The van der Waals surface area contributed by atoms with Crippen molar-refractivity contribution in [1.82, 2.24) is 0 Å². The zero-order valence-electron chi connectivity index (χ0n) is 10.4. The molecule has 0 heterocycles. The Kier molecular flexibility index (Phi) is 5.02. The van der Waals surface area contributed by atoms with E-state index < -0.39 is 24.7 Å². The van der Waals surface area contributed by atoms with Gasteiger partial charge in [0.05, 0.1) is 0 Å². The third-order valence-electron chi connectivity index (χ3n) is 2.46. The standard InChI is InChI=1S/C10H16O6SSi/c1-14-18(15-2,16-3)10-6-4-9(5-7-10)8-17(11,12)13/h4-7H,8H2,1-3H3,(H,11,12,13). The molecule has 8 heteroatoms. The second kappa shape index (κ2) is 5.91. The highest BCUT2D eigenvalue weighted by atomic mass is 32.2. The van der Waals surface area contributed by atoms with Crippen molar-refractivity contribution in [2.45, 2.75) is 5.75 Å². The molecule has 0 bridgehead atoms. The molecule has 0 spiro atoms. The maximum absolute atomic E-state index is 10.7. The lowest BCUT2D eigenvalue weighted by atomic mass is 10.2. The lowest BCUT2D eigenvalue weighted by Crippen LogP contribution is -2.54. The summed E-state index contributed by atoms with van der Waals surface area (Å²) in [5.74, 6) is -0.422. The first kappa shape index (κ1) is 15.3. The Bertz CT molecular complexity index is 471. The van der Waals surface area contributed by atoms with Crippen LogP contribution in [-0.4, -0.2) is 43.1 Å². The molecule has 0 aliphatic rings. The largest absolute Gasteiger partial charge is 0.536 e. The molecule has 0 aromatic heterocycles. The molecular weight excluding hydrogens is 276 g/mol. The van der Waals surface area contributed by atoms with Crippen LogP contribution in [0.15, 0.2) is 24.3 Å². The average Bonchev–Trinajstić information content (AvgIpc) is 2.32. The minimum absolute atomic E-state index is 0.422. The molecule has 0 atom stereocenters. The molecule has 0 saturated heterocycles. The molecule has 0 saturated carbocycles. The first-order chi connectivity index (χ1) is 8.37. The van der Waals surface area contributed by atoms with Crippen molar-refractivity contribution in [3.8, 4) is 0 Å². The predicted octanol–water partition coefficient (Wildman–Crippen LogP) is 0.159. The van der Waals surface area contributed by atoms with E-state index in [2.05, 4.69) is 0 Å². The summed E-state index contributed by atoms with van der Waals surface area (Å²) in [6, 6.07) is 6.51. The van der Waals surface area contributed by atoms with Crippen LogP contribution in [0, 0.1) is 0 Å². The Balaban J connectivity index is 3.01. The predicted molar refractivity (Wildman–Crippen MR) is 68.1 cm³/mol. The van der Waals surface area contributed by atoms with Crippen LogP contribution in [0.2, 0.25) is 0 Å². The van der Waals surface area contributed by atoms with E-state index in [0.717, 1.165) is 0 Å². The van der Waals surface area contributed by atoms with Gasteiger partial charge < -0.3 is 13.3 Å². The molecule has 1 aromatic rings. The number of hydrogen-bond donors (Lipinski definition) is 1. The number of hydrogen-bond acceptors (Lipinski definition) is 5. The molecule has 0 amide bonds.